The first-order chi connectivity index (χ1) is 13.0. The number of carbonyl (C=O) groups excluding carboxylic acids is 1. The normalized spacial score (nSPS) is 11.3. The zero-order chi connectivity index (χ0) is 19.6. The predicted octanol–water partition coefficient (Wildman–Crippen LogP) is 2.46. The van der Waals surface area contributed by atoms with Gasteiger partial charge in [-0.1, -0.05) is 12.1 Å². The number of nitrogens with one attached hydrogen (secondary N) is 3. The molecule has 2 aromatic rings. The molecule has 0 fully saturated rings. The Morgan fingerprint density at radius 1 is 1.22 bits per heavy atom. The van der Waals surface area contributed by atoms with E-state index < -0.39 is 0 Å². The summed E-state index contributed by atoms with van der Waals surface area (Å²) in [5, 5.41) is 10.4. The topological polar surface area (TPSA) is 78.4 Å². The lowest BCUT2D eigenvalue weighted by Gasteiger charge is -2.11. The fourth-order valence-corrected chi connectivity index (χ4v) is 3.51. The quantitative estimate of drug-likeness (QED) is 0.480. The van der Waals surface area contributed by atoms with E-state index in [9.17, 15) is 4.79 Å². The second kappa shape index (κ2) is 10.7. The Morgan fingerprint density at radius 3 is 2.70 bits per heavy atom. The average Bonchev–Trinajstić information content (AvgIpc) is 2.99. The van der Waals surface area contributed by atoms with Gasteiger partial charge in [0.05, 0.1) is 10.7 Å². The number of hydrogen-bond donors (Lipinski definition) is 3. The number of guanidine groups is 1. The van der Waals surface area contributed by atoms with Crippen molar-refractivity contribution >= 4 is 23.2 Å². The highest BCUT2D eigenvalue weighted by atomic mass is 32.1. The van der Waals surface area contributed by atoms with E-state index in [1.165, 1.54) is 4.88 Å². The van der Waals surface area contributed by atoms with Gasteiger partial charge in [0.15, 0.2) is 5.96 Å². The zero-order valence-corrected chi connectivity index (χ0v) is 17.4. The number of carbonyl (C=O) groups is 1. The fourth-order valence-electron chi connectivity index (χ4n) is 2.59. The van der Waals surface area contributed by atoms with Crippen molar-refractivity contribution < 1.29 is 4.79 Å². The Balaban J connectivity index is 1.85. The van der Waals surface area contributed by atoms with Crippen LogP contribution in [0.5, 0.6) is 0 Å². The summed E-state index contributed by atoms with van der Waals surface area (Å²) in [7, 11) is 1.64. The lowest BCUT2D eigenvalue weighted by atomic mass is 10.1. The molecule has 0 aliphatic rings. The van der Waals surface area contributed by atoms with Crippen LogP contribution in [0.3, 0.4) is 0 Å². The molecule has 0 radical (unpaired) electrons. The molecule has 3 N–H and O–H groups in total. The lowest BCUT2D eigenvalue weighted by Crippen LogP contribution is -2.38. The highest BCUT2D eigenvalue weighted by molar-refractivity contribution is 7.11. The number of aromatic nitrogens is 1. The highest BCUT2D eigenvalue weighted by Crippen LogP contribution is 2.16. The van der Waals surface area contributed by atoms with Crippen LogP contribution in [0.25, 0.3) is 0 Å². The number of rotatable bonds is 8. The van der Waals surface area contributed by atoms with Crippen LogP contribution in [0.2, 0.25) is 0 Å². The molecule has 0 bridgehead atoms. The SMILES string of the molecule is CCNC(=NCCc1nc(C)c(C)s1)NCCc1cccc(C(=O)NC)c1. The number of benzene rings is 1. The van der Waals surface area contributed by atoms with Gasteiger partial charge in [-0.15, -0.1) is 11.3 Å². The number of amides is 1. The Morgan fingerprint density at radius 2 is 2.04 bits per heavy atom. The molecular formula is C20H29N5OS. The molecule has 0 atom stereocenters. The van der Waals surface area contributed by atoms with E-state index in [2.05, 4.69) is 39.8 Å². The molecule has 6 nitrogen and oxygen atoms in total. The third kappa shape index (κ3) is 6.67. The van der Waals surface area contributed by atoms with Crippen molar-refractivity contribution in [3.63, 3.8) is 0 Å². The Kier molecular flexibility index (Phi) is 8.26. The Hall–Kier alpha value is -2.41. The molecule has 7 heteroatoms. The van der Waals surface area contributed by atoms with Crippen LogP contribution < -0.4 is 16.0 Å². The van der Waals surface area contributed by atoms with Gasteiger partial charge in [0.2, 0.25) is 0 Å². The van der Waals surface area contributed by atoms with Crippen molar-refractivity contribution in [1.82, 2.24) is 20.9 Å². The molecule has 0 saturated heterocycles. The predicted molar refractivity (Wildman–Crippen MR) is 113 cm³/mol. The summed E-state index contributed by atoms with van der Waals surface area (Å²) >= 11 is 1.75. The van der Waals surface area contributed by atoms with Crippen molar-refractivity contribution in [1.29, 1.82) is 0 Å². The van der Waals surface area contributed by atoms with Gasteiger partial charge in [-0.05, 0) is 44.9 Å². The van der Waals surface area contributed by atoms with Crippen molar-refractivity contribution in [2.75, 3.05) is 26.7 Å². The monoisotopic (exact) mass is 387 g/mol. The first-order valence-electron chi connectivity index (χ1n) is 9.29. The molecular weight excluding hydrogens is 358 g/mol. The summed E-state index contributed by atoms with van der Waals surface area (Å²) < 4.78 is 0. The van der Waals surface area contributed by atoms with Gasteiger partial charge < -0.3 is 16.0 Å². The Labute approximate surface area is 165 Å². The van der Waals surface area contributed by atoms with Gasteiger partial charge in [0.1, 0.15) is 0 Å². The minimum absolute atomic E-state index is 0.0626. The number of thiazole rings is 1. The average molecular weight is 388 g/mol. The third-order valence-corrected chi connectivity index (χ3v) is 5.27. The van der Waals surface area contributed by atoms with E-state index in [-0.39, 0.29) is 5.91 Å². The summed E-state index contributed by atoms with van der Waals surface area (Å²) in [6.07, 6.45) is 1.67. The summed E-state index contributed by atoms with van der Waals surface area (Å²) in [5.41, 5.74) is 2.92. The van der Waals surface area contributed by atoms with Crippen LogP contribution in [0, 0.1) is 13.8 Å². The summed E-state index contributed by atoms with van der Waals surface area (Å²) in [6, 6.07) is 7.70. The van der Waals surface area contributed by atoms with E-state index in [0.717, 1.165) is 48.2 Å². The van der Waals surface area contributed by atoms with E-state index in [1.807, 2.05) is 31.2 Å². The van der Waals surface area contributed by atoms with Crippen LogP contribution in [0.1, 0.15) is 38.4 Å². The van der Waals surface area contributed by atoms with Crippen LogP contribution in [0.15, 0.2) is 29.3 Å². The molecule has 1 amide bonds. The van der Waals surface area contributed by atoms with E-state index in [0.29, 0.717) is 12.1 Å². The number of nitrogens with zero attached hydrogens (tertiary/aromatic N) is 2. The zero-order valence-electron chi connectivity index (χ0n) is 16.6. The second-order valence-electron chi connectivity index (χ2n) is 6.22. The van der Waals surface area contributed by atoms with Crippen LogP contribution >= 0.6 is 11.3 Å². The molecule has 1 heterocycles. The van der Waals surface area contributed by atoms with Crippen molar-refractivity contribution in [3.05, 3.63) is 51.0 Å². The number of aryl methyl sites for hydroxylation is 2. The summed E-state index contributed by atoms with van der Waals surface area (Å²) in [6.45, 7) is 8.46. The van der Waals surface area contributed by atoms with Gasteiger partial charge in [0.25, 0.3) is 5.91 Å². The first-order valence-corrected chi connectivity index (χ1v) is 10.1. The van der Waals surface area contributed by atoms with Crippen LogP contribution in [-0.4, -0.2) is 43.5 Å². The van der Waals surface area contributed by atoms with Crippen molar-refractivity contribution in [2.45, 2.75) is 33.6 Å². The first kappa shape index (κ1) is 20.9. The van der Waals surface area contributed by atoms with Gasteiger partial charge >= 0.3 is 0 Å². The largest absolute Gasteiger partial charge is 0.357 e. The van der Waals surface area contributed by atoms with Crippen LogP contribution in [-0.2, 0) is 12.8 Å². The molecule has 1 aromatic heterocycles. The molecule has 0 aliphatic carbocycles. The van der Waals surface area contributed by atoms with Gasteiger partial charge in [0, 0.05) is 43.5 Å². The Bertz CT molecular complexity index is 765. The summed E-state index contributed by atoms with van der Waals surface area (Å²) in [4.78, 5) is 22.2. The van der Waals surface area contributed by atoms with Crippen LogP contribution in [0.4, 0.5) is 0 Å². The third-order valence-electron chi connectivity index (χ3n) is 4.13. The minimum atomic E-state index is -0.0626. The molecule has 0 unspecified atom stereocenters. The number of hydrogen-bond acceptors (Lipinski definition) is 4. The fraction of sp³-hybridized carbons (Fsp3) is 0.450. The molecule has 0 saturated carbocycles. The molecule has 0 spiro atoms. The molecule has 0 aliphatic heterocycles. The van der Waals surface area contributed by atoms with E-state index in [4.69, 9.17) is 0 Å². The molecule has 27 heavy (non-hydrogen) atoms. The van der Waals surface area contributed by atoms with Gasteiger partial charge in [-0.25, -0.2) is 4.98 Å². The van der Waals surface area contributed by atoms with E-state index in [1.54, 1.807) is 18.4 Å². The van der Waals surface area contributed by atoms with Gasteiger partial charge in [-0.3, -0.25) is 9.79 Å². The highest BCUT2D eigenvalue weighted by Gasteiger charge is 2.05. The maximum atomic E-state index is 11.7. The smallest absolute Gasteiger partial charge is 0.251 e. The maximum absolute atomic E-state index is 11.7. The molecule has 1 aromatic carbocycles. The minimum Gasteiger partial charge on any atom is -0.357 e. The van der Waals surface area contributed by atoms with Crippen molar-refractivity contribution in [3.8, 4) is 0 Å². The lowest BCUT2D eigenvalue weighted by molar-refractivity contribution is 0.0963. The number of aliphatic imine (C=N–C) groups is 1. The van der Waals surface area contributed by atoms with Crippen molar-refractivity contribution in [2.24, 2.45) is 4.99 Å². The second-order valence-corrected chi connectivity index (χ2v) is 7.50. The summed E-state index contributed by atoms with van der Waals surface area (Å²) in [5.74, 6) is 0.748. The van der Waals surface area contributed by atoms with Gasteiger partial charge in [-0.2, -0.15) is 0 Å². The molecule has 146 valence electrons. The maximum Gasteiger partial charge on any atom is 0.251 e. The standard InChI is InChI=1S/C20H29N5OS/c1-5-22-20(24-12-10-18-25-14(2)15(3)27-18)23-11-9-16-7-6-8-17(13-16)19(26)21-4/h6-8,13H,5,9-12H2,1-4H3,(H,21,26)(H2,22,23,24). The molecule has 2 rings (SSSR count). The van der Waals surface area contributed by atoms with E-state index >= 15 is 0 Å².